The molecule has 0 bridgehead atoms. The van der Waals surface area contributed by atoms with Crippen molar-refractivity contribution in [2.24, 2.45) is 0 Å². The third kappa shape index (κ3) is 69.8. The van der Waals surface area contributed by atoms with Crippen LogP contribution in [0.25, 0.3) is 0 Å². The van der Waals surface area contributed by atoms with Crippen molar-refractivity contribution in [3.05, 3.63) is 0 Å². The molecule has 4 N–H and O–H groups in total. The Morgan fingerprint density at radius 1 is 0.750 bits per heavy atom. The SMILES string of the molecule is C.O.OO.[H+].[H+].[Ti].[Ti].[Ti].[Ti]. The molecule has 0 unspecified atom stereocenters. The standard InChI is InChI=1S/CH4.H2O2.H2O.4Ti/c;1-2;;;;;/h1H4;1-2H;1H2;;;;/p+2. The van der Waals surface area contributed by atoms with Crippen molar-refractivity contribution >= 4 is 0 Å². The first-order valence-electron chi connectivity index (χ1n) is 0.200. The van der Waals surface area contributed by atoms with E-state index in [4.69, 9.17) is 10.5 Å². The van der Waals surface area contributed by atoms with Crippen LogP contribution in [0.4, 0.5) is 0 Å². The molecule has 0 saturated carbocycles. The summed E-state index contributed by atoms with van der Waals surface area (Å²) in [6.45, 7) is 0. The smallest absolute Gasteiger partial charge is 0.412 e. The molecular formula is CH10O3Ti4+2. The zero-order chi connectivity index (χ0) is 2.00. The third-order valence-corrected chi connectivity index (χ3v) is 0. The number of hydrogen-bond donors (Lipinski definition) is 2. The van der Waals surface area contributed by atoms with Crippen molar-refractivity contribution in [2.45, 2.75) is 7.43 Å². The predicted octanol–water partition coefficient (Wildman–Crippen LogP) is 0.0438. The number of hydrogen-bond acceptors (Lipinski definition) is 2. The van der Waals surface area contributed by atoms with Crippen LogP contribution in [-0.2, 0) is 86.9 Å². The van der Waals surface area contributed by atoms with Crippen LogP contribution in [0.2, 0.25) is 0 Å². The fourth-order valence-corrected chi connectivity index (χ4v) is 0. The molecule has 0 fully saturated rings. The summed E-state index contributed by atoms with van der Waals surface area (Å²) in [7, 11) is 0. The quantitative estimate of drug-likeness (QED) is 0.367. The van der Waals surface area contributed by atoms with Gasteiger partial charge in [-0.25, -0.2) is 0 Å². The Bertz CT molecular complexity index is 18.5. The summed E-state index contributed by atoms with van der Waals surface area (Å²) in [5.41, 5.74) is 0. The molecule has 0 amide bonds. The van der Waals surface area contributed by atoms with Gasteiger partial charge in [-0.05, 0) is 0 Å². The Balaban J connectivity index is -0.000000000179. The zero-order valence-corrected chi connectivity index (χ0v) is 9.64. The molecule has 0 atom stereocenters. The Labute approximate surface area is 112 Å². The van der Waals surface area contributed by atoms with Crippen molar-refractivity contribution in [2.75, 3.05) is 0 Å². The fraction of sp³-hybridized carbons (Fsp3) is 1.00. The maximum atomic E-state index is 6.00. The van der Waals surface area contributed by atoms with Gasteiger partial charge in [0.2, 0.25) is 0 Å². The molecule has 0 spiro atoms. The van der Waals surface area contributed by atoms with Gasteiger partial charge in [0, 0.05) is 86.9 Å². The molecule has 0 rings (SSSR count). The molecule has 0 aliphatic heterocycles. The molecule has 0 aliphatic rings. The van der Waals surface area contributed by atoms with Crippen molar-refractivity contribution in [1.82, 2.24) is 0 Å². The zero-order valence-electron chi connectivity index (χ0n) is 5.39. The second-order valence-electron chi connectivity index (χ2n) is 0. The van der Waals surface area contributed by atoms with Crippen LogP contribution < -0.4 is 0 Å². The van der Waals surface area contributed by atoms with E-state index in [1.807, 2.05) is 0 Å². The maximum absolute atomic E-state index is 6.00. The average molecular weight is 262 g/mol. The minimum atomic E-state index is 0. The topological polar surface area (TPSA) is 72.0 Å². The van der Waals surface area contributed by atoms with Gasteiger partial charge in [-0.1, -0.05) is 7.43 Å². The van der Waals surface area contributed by atoms with E-state index in [1.54, 1.807) is 0 Å². The van der Waals surface area contributed by atoms with Crippen LogP contribution in [-0.4, -0.2) is 16.0 Å². The minimum Gasteiger partial charge on any atom is -0.412 e. The van der Waals surface area contributed by atoms with E-state index >= 15 is 0 Å². The van der Waals surface area contributed by atoms with Crippen LogP contribution in [0, 0.1) is 0 Å². The van der Waals surface area contributed by atoms with E-state index < -0.39 is 0 Å². The second-order valence-corrected chi connectivity index (χ2v) is 0. The molecule has 46 valence electrons. The average Bonchev–Trinajstić information content (AvgIpc) is 1.00. The summed E-state index contributed by atoms with van der Waals surface area (Å²) >= 11 is 0. The summed E-state index contributed by atoms with van der Waals surface area (Å²) in [5, 5.41) is 12.0. The summed E-state index contributed by atoms with van der Waals surface area (Å²) in [4.78, 5) is 0. The van der Waals surface area contributed by atoms with E-state index in [0.29, 0.717) is 0 Å². The monoisotopic (exact) mass is 262 g/mol. The molecule has 7 heteroatoms. The van der Waals surface area contributed by atoms with Crippen LogP contribution in [0.1, 0.15) is 10.3 Å². The van der Waals surface area contributed by atoms with Gasteiger partial charge in [0.15, 0.2) is 0 Å². The van der Waals surface area contributed by atoms with Gasteiger partial charge in [-0.15, -0.1) is 0 Å². The molecule has 0 aromatic heterocycles. The van der Waals surface area contributed by atoms with Crippen LogP contribution >= 0.6 is 0 Å². The summed E-state index contributed by atoms with van der Waals surface area (Å²) in [6, 6.07) is 0. The first-order chi connectivity index (χ1) is 1.00. The van der Waals surface area contributed by atoms with E-state index in [2.05, 4.69) is 0 Å². The molecule has 3 nitrogen and oxygen atoms in total. The van der Waals surface area contributed by atoms with Crippen LogP contribution in [0.5, 0.6) is 0 Å². The second kappa shape index (κ2) is 99.2. The third-order valence-electron chi connectivity index (χ3n) is 0. The Kier molecular flexibility index (Phi) is 904. The van der Waals surface area contributed by atoms with Gasteiger partial charge in [-0.3, -0.25) is 10.5 Å². The maximum Gasteiger partial charge on any atom is 1.00 e. The molecule has 0 radical (unpaired) electrons. The number of rotatable bonds is 0. The normalized spacial score (nSPS) is 0.750. The summed E-state index contributed by atoms with van der Waals surface area (Å²) < 4.78 is 0. The van der Waals surface area contributed by atoms with Crippen molar-refractivity contribution in [3.8, 4) is 0 Å². The fourth-order valence-electron chi connectivity index (χ4n) is 0. The molecule has 0 saturated heterocycles. The van der Waals surface area contributed by atoms with E-state index in [1.165, 1.54) is 0 Å². The van der Waals surface area contributed by atoms with Gasteiger partial charge < -0.3 is 5.48 Å². The minimum absolute atomic E-state index is 0. The van der Waals surface area contributed by atoms with Crippen LogP contribution in [0.3, 0.4) is 0 Å². The molecule has 0 heterocycles. The summed E-state index contributed by atoms with van der Waals surface area (Å²) in [5.74, 6) is 0. The first kappa shape index (κ1) is 72.9. The van der Waals surface area contributed by atoms with Gasteiger partial charge >= 0.3 is 2.85 Å². The van der Waals surface area contributed by atoms with E-state index in [0.717, 1.165) is 0 Å². The first-order valence-corrected chi connectivity index (χ1v) is 0.200. The Morgan fingerprint density at radius 3 is 0.750 bits per heavy atom. The molecule has 0 aromatic rings. The summed E-state index contributed by atoms with van der Waals surface area (Å²) in [6.07, 6.45) is 0. The molecular weight excluding hydrogens is 251 g/mol. The largest absolute Gasteiger partial charge is 1.00 e. The van der Waals surface area contributed by atoms with Gasteiger partial charge in [0.25, 0.3) is 0 Å². The van der Waals surface area contributed by atoms with Gasteiger partial charge in [0.05, 0.1) is 0 Å². The Hall–Kier alpha value is 2.74. The molecule has 0 aliphatic carbocycles. The van der Waals surface area contributed by atoms with Gasteiger partial charge in [-0.2, -0.15) is 0 Å². The Morgan fingerprint density at radius 2 is 0.750 bits per heavy atom. The van der Waals surface area contributed by atoms with E-state index in [-0.39, 0.29) is 103 Å². The predicted molar refractivity (Wildman–Crippen MR) is 17.8 cm³/mol. The van der Waals surface area contributed by atoms with Crippen molar-refractivity contribution in [3.63, 3.8) is 0 Å². The van der Waals surface area contributed by atoms with Crippen molar-refractivity contribution < 1.29 is 106 Å². The van der Waals surface area contributed by atoms with Crippen LogP contribution in [0.15, 0.2) is 0 Å². The van der Waals surface area contributed by atoms with Crippen molar-refractivity contribution in [1.29, 1.82) is 0 Å². The molecule has 0 aromatic carbocycles. The molecule has 8 heavy (non-hydrogen) atoms. The van der Waals surface area contributed by atoms with Gasteiger partial charge in [0.1, 0.15) is 0 Å². The van der Waals surface area contributed by atoms with E-state index in [9.17, 15) is 0 Å².